The van der Waals surface area contributed by atoms with E-state index in [0.717, 1.165) is 10.0 Å². The predicted molar refractivity (Wildman–Crippen MR) is 79.0 cm³/mol. The topological polar surface area (TPSA) is 69.6 Å². The van der Waals surface area contributed by atoms with Crippen LogP contribution in [0.4, 0.5) is 4.79 Å². The molecule has 6 heteroatoms. The molecule has 1 atom stereocenters. The summed E-state index contributed by atoms with van der Waals surface area (Å²) in [4.78, 5) is 24.2. The molecule has 0 heterocycles. The van der Waals surface area contributed by atoms with Gasteiger partial charge in [0.2, 0.25) is 0 Å². The van der Waals surface area contributed by atoms with E-state index in [1.165, 1.54) is 4.90 Å². The first-order valence-corrected chi connectivity index (χ1v) is 6.66. The number of aliphatic carboxylic acids is 1. The molecule has 20 heavy (non-hydrogen) atoms. The molecule has 5 nitrogen and oxygen atoms in total. The molecule has 0 fully saturated rings. The third-order valence-electron chi connectivity index (χ3n) is 2.63. The Morgan fingerprint density at radius 2 is 2.15 bits per heavy atom. The third-order valence-corrected chi connectivity index (χ3v) is 3.40. The number of halogens is 1. The van der Waals surface area contributed by atoms with Crippen LogP contribution >= 0.6 is 15.9 Å². The van der Waals surface area contributed by atoms with Crippen molar-refractivity contribution in [2.45, 2.75) is 19.0 Å². The lowest BCUT2D eigenvalue weighted by atomic mass is 10.2. The number of carbonyl (C=O) groups excluding carboxylic acids is 1. The van der Waals surface area contributed by atoms with Gasteiger partial charge in [0.1, 0.15) is 6.04 Å². The zero-order chi connectivity index (χ0) is 15.1. The molecule has 1 aromatic carbocycles. The summed E-state index contributed by atoms with van der Waals surface area (Å²) < 4.78 is 0.887. The number of rotatable bonds is 5. The second-order valence-electron chi connectivity index (χ2n) is 4.20. The fourth-order valence-corrected chi connectivity index (χ4v) is 1.94. The van der Waals surface area contributed by atoms with Gasteiger partial charge < -0.3 is 15.3 Å². The lowest BCUT2D eigenvalue weighted by molar-refractivity contribution is -0.139. The summed E-state index contributed by atoms with van der Waals surface area (Å²) in [7, 11) is 1.59. The van der Waals surface area contributed by atoms with Crippen LogP contribution in [0.15, 0.2) is 28.7 Å². The fraction of sp³-hybridized carbons (Fsp3) is 0.286. The number of carbonyl (C=O) groups is 2. The van der Waals surface area contributed by atoms with E-state index in [1.54, 1.807) is 7.05 Å². The summed E-state index contributed by atoms with van der Waals surface area (Å²) in [6.07, 6.45) is 5.03. The Morgan fingerprint density at radius 1 is 1.50 bits per heavy atom. The second kappa shape index (κ2) is 7.56. The van der Waals surface area contributed by atoms with Crippen molar-refractivity contribution in [1.82, 2.24) is 10.2 Å². The highest BCUT2D eigenvalue weighted by atomic mass is 79.9. The molecule has 0 spiro atoms. The molecule has 1 aromatic rings. The minimum Gasteiger partial charge on any atom is -0.480 e. The number of carboxylic acids is 1. The maximum Gasteiger partial charge on any atom is 0.327 e. The molecule has 1 rings (SSSR count). The van der Waals surface area contributed by atoms with Gasteiger partial charge in [-0.15, -0.1) is 12.3 Å². The van der Waals surface area contributed by atoms with Gasteiger partial charge in [0, 0.05) is 24.5 Å². The monoisotopic (exact) mass is 338 g/mol. The van der Waals surface area contributed by atoms with Crippen LogP contribution in [0.1, 0.15) is 12.0 Å². The minimum atomic E-state index is -1.15. The van der Waals surface area contributed by atoms with E-state index in [-0.39, 0.29) is 6.42 Å². The Kier molecular flexibility index (Phi) is 6.07. The largest absolute Gasteiger partial charge is 0.480 e. The second-order valence-corrected chi connectivity index (χ2v) is 5.05. The van der Waals surface area contributed by atoms with Crippen molar-refractivity contribution in [1.29, 1.82) is 0 Å². The Bertz CT molecular complexity index is 539. The highest BCUT2D eigenvalue weighted by Crippen LogP contribution is 2.17. The van der Waals surface area contributed by atoms with Crippen LogP contribution in [-0.2, 0) is 11.3 Å². The van der Waals surface area contributed by atoms with Gasteiger partial charge in [0.15, 0.2) is 0 Å². The van der Waals surface area contributed by atoms with E-state index in [2.05, 4.69) is 27.2 Å². The van der Waals surface area contributed by atoms with Gasteiger partial charge in [0.05, 0.1) is 0 Å². The van der Waals surface area contributed by atoms with Crippen molar-refractivity contribution in [3.63, 3.8) is 0 Å². The number of amides is 2. The standard InChI is InChI=1S/C14H15BrN2O3/c1-3-6-12(13(18)19)16-14(20)17(2)9-10-7-4-5-8-11(10)15/h1,4-5,7-8,12H,6,9H2,2H3,(H,16,20)(H,18,19). The quantitative estimate of drug-likeness (QED) is 0.807. The molecule has 0 saturated carbocycles. The maximum absolute atomic E-state index is 11.9. The Morgan fingerprint density at radius 3 is 2.70 bits per heavy atom. The highest BCUT2D eigenvalue weighted by molar-refractivity contribution is 9.10. The average molecular weight is 339 g/mol. The van der Waals surface area contributed by atoms with Gasteiger partial charge in [-0.3, -0.25) is 0 Å². The molecule has 0 bridgehead atoms. The molecule has 2 amide bonds. The summed E-state index contributed by atoms with van der Waals surface area (Å²) in [5, 5.41) is 11.3. The summed E-state index contributed by atoms with van der Waals surface area (Å²) in [5.41, 5.74) is 0.925. The van der Waals surface area contributed by atoms with Crippen LogP contribution in [0.3, 0.4) is 0 Å². The molecule has 0 saturated heterocycles. The molecule has 0 aromatic heterocycles. The predicted octanol–water partition coefficient (Wildman–Crippen LogP) is 2.07. The molecule has 1 unspecified atom stereocenters. The molecular formula is C14H15BrN2O3. The summed E-state index contributed by atoms with van der Waals surface area (Å²) in [5.74, 6) is 1.08. The molecule has 0 radical (unpaired) electrons. The lowest BCUT2D eigenvalue weighted by Crippen LogP contribution is -2.46. The van der Waals surface area contributed by atoms with Crippen LogP contribution < -0.4 is 5.32 Å². The fourth-order valence-electron chi connectivity index (χ4n) is 1.53. The number of carboxylic acid groups (broad SMARTS) is 1. The minimum absolute atomic E-state index is 0.0516. The van der Waals surface area contributed by atoms with E-state index in [0.29, 0.717) is 6.54 Å². The Labute approximate surface area is 126 Å². The molecule has 0 aliphatic heterocycles. The van der Waals surface area contributed by atoms with Crippen molar-refractivity contribution < 1.29 is 14.7 Å². The molecule has 2 N–H and O–H groups in total. The smallest absolute Gasteiger partial charge is 0.327 e. The average Bonchev–Trinajstić information content (AvgIpc) is 2.40. The Hall–Kier alpha value is -2.00. The zero-order valence-corrected chi connectivity index (χ0v) is 12.6. The first-order valence-electron chi connectivity index (χ1n) is 5.87. The van der Waals surface area contributed by atoms with Crippen molar-refractivity contribution >= 4 is 27.9 Å². The van der Waals surface area contributed by atoms with Crippen LogP contribution in [-0.4, -0.2) is 35.1 Å². The first-order chi connectivity index (χ1) is 9.45. The third kappa shape index (κ3) is 4.59. The zero-order valence-electron chi connectivity index (χ0n) is 11.0. The van der Waals surface area contributed by atoms with E-state index in [9.17, 15) is 9.59 Å². The molecule has 106 valence electrons. The number of terminal acetylenes is 1. The molecule has 0 aliphatic carbocycles. The van der Waals surface area contributed by atoms with Crippen molar-refractivity contribution in [2.75, 3.05) is 7.05 Å². The van der Waals surface area contributed by atoms with Crippen molar-refractivity contribution in [2.24, 2.45) is 0 Å². The van der Waals surface area contributed by atoms with Crippen LogP contribution in [0.2, 0.25) is 0 Å². The number of hydrogen-bond acceptors (Lipinski definition) is 2. The van der Waals surface area contributed by atoms with Crippen LogP contribution in [0, 0.1) is 12.3 Å². The van der Waals surface area contributed by atoms with Gasteiger partial charge in [-0.2, -0.15) is 0 Å². The lowest BCUT2D eigenvalue weighted by Gasteiger charge is -2.21. The summed E-state index contributed by atoms with van der Waals surface area (Å²) in [6.45, 7) is 0.357. The normalized spacial score (nSPS) is 11.2. The van der Waals surface area contributed by atoms with E-state index < -0.39 is 18.0 Å². The van der Waals surface area contributed by atoms with E-state index in [1.807, 2.05) is 24.3 Å². The Balaban J connectivity index is 2.66. The van der Waals surface area contributed by atoms with Crippen LogP contribution in [0.25, 0.3) is 0 Å². The van der Waals surface area contributed by atoms with E-state index >= 15 is 0 Å². The van der Waals surface area contributed by atoms with Crippen molar-refractivity contribution in [3.05, 3.63) is 34.3 Å². The van der Waals surface area contributed by atoms with Gasteiger partial charge >= 0.3 is 12.0 Å². The number of hydrogen-bond donors (Lipinski definition) is 2. The van der Waals surface area contributed by atoms with Gasteiger partial charge in [-0.05, 0) is 11.6 Å². The highest BCUT2D eigenvalue weighted by Gasteiger charge is 2.21. The summed E-state index contributed by atoms with van der Waals surface area (Å²) in [6, 6.07) is 5.94. The molecular weight excluding hydrogens is 324 g/mol. The SMILES string of the molecule is C#CCC(NC(=O)N(C)Cc1ccccc1Br)C(=O)O. The maximum atomic E-state index is 11.9. The van der Waals surface area contributed by atoms with Gasteiger partial charge in [-0.1, -0.05) is 34.1 Å². The summed E-state index contributed by atoms with van der Waals surface area (Å²) >= 11 is 3.39. The number of nitrogens with one attached hydrogen (secondary N) is 1. The van der Waals surface area contributed by atoms with Crippen molar-refractivity contribution in [3.8, 4) is 12.3 Å². The van der Waals surface area contributed by atoms with E-state index in [4.69, 9.17) is 11.5 Å². The van der Waals surface area contributed by atoms with Gasteiger partial charge in [-0.25, -0.2) is 9.59 Å². The van der Waals surface area contributed by atoms with Crippen LogP contribution in [0.5, 0.6) is 0 Å². The first kappa shape index (κ1) is 16.1. The molecule has 0 aliphatic rings. The number of nitrogens with zero attached hydrogens (tertiary/aromatic N) is 1. The van der Waals surface area contributed by atoms with Gasteiger partial charge in [0.25, 0.3) is 0 Å². The number of urea groups is 1. The number of benzene rings is 1.